The van der Waals surface area contributed by atoms with E-state index in [4.69, 9.17) is 12.2 Å². The van der Waals surface area contributed by atoms with Crippen molar-refractivity contribution in [2.24, 2.45) is 0 Å². The predicted molar refractivity (Wildman–Crippen MR) is 71.3 cm³/mol. The zero-order valence-electron chi connectivity index (χ0n) is 9.79. The Labute approximate surface area is 101 Å². The van der Waals surface area contributed by atoms with Gasteiger partial charge in [0.25, 0.3) is 0 Å². The Morgan fingerprint density at radius 3 is 2.31 bits per heavy atom. The topological polar surface area (TPSA) is 15.8 Å². The lowest BCUT2D eigenvalue weighted by atomic mass is 9.98. The van der Waals surface area contributed by atoms with Gasteiger partial charge >= 0.3 is 0 Å². The fourth-order valence-electron chi connectivity index (χ4n) is 1.85. The monoisotopic (exact) mass is 229 g/mol. The maximum atomic E-state index is 5.18. The van der Waals surface area contributed by atoms with Crippen molar-refractivity contribution in [1.29, 1.82) is 0 Å². The molecule has 0 saturated carbocycles. The van der Waals surface area contributed by atoms with E-state index in [1.807, 2.05) is 18.3 Å². The second-order valence-electron chi connectivity index (χ2n) is 4.19. The lowest BCUT2D eigenvalue weighted by molar-refractivity contribution is 1.26. The highest BCUT2D eigenvalue weighted by Gasteiger charge is 2.04. The van der Waals surface area contributed by atoms with Gasteiger partial charge in [-0.1, -0.05) is 18.3 Å². The summed E-state index contributed by atoms with van der Waals surface area (Å²) in [5.74, 6) is 0. The molecule has 0 unspecified atom stereocenters. The molecule has 0 aliphatic heterocycles. The average molecular weight is 229 g/mol. The van der Waals surface area contributed by atoms with Crippen LogP contribution in [0.5, 0.6) is 0 Å². The van der Waals surface area contributed by atoms with Crippen molar-refractivity contribution >= 4 is 12.2 Å². The van der Waals surface area contributed by atoms with Gasteiger partial charge in [0.2, 0.25) is 0 Å². The van der Waals surface area contributed by atoms with Gasteiger partial charge in [-0.05, 0) is 55.7 Å². The molecule has 0 bridgehead atoms. The summed E-state index contributed by atoms with van der Waals surface area (Å²) in [6.45, 7) is 6.40. The molecule has 2 heteroatoms. The Morgan fingerprint density at radius 1 is 0.938 bits per heavy atom. The highest BCUT2D eigenvalue weighted by molar-refractivity contribution is 7.71. The Morgan fingerprint density at radius 2 is 1.62 bits per heavy atom. The van der Waals surface area contributed by atoms with E-state index < -0.39 is 0 Å². The van der Waals surface area contributed by atoms with Crippen LogP contribution in [0.15, 0.2) is 30.5 Å². The molecule has 1 aromatic heterocycles. The molecule has 1 aromatic carbocycles. The second kappa shape index (κ2) is 4.22. The third-order valence-corrected chi connectivity index (χ3v) is 3.16. The van der Waals surface area contributed by atoms with Gasteiger partial charge in [-0.15, -0.1) is 0 Å². The number of pyridine rings is 1. The van der Waals surface area contributed by atoms with Gasteiger partial charge in [0.15, 0.2) is 0 Å². The Hall–Kier alpha value is -1.41. The predicted octanol–water partition coefficient (Wildman–Crippen LogP) is 4.34. The lowest BCUT2D eigenvalue weighted by Gasteiger charge is -2.09. The maximum Gasteiger partial charge on any atom is 0.0470 e. The zero-order chi connectivity index (χ0) is 11.7. The van der Waals surface area contributed by atoms with Crippen LogP contribution in [0.2, 0.25) is 0 Å². The molecule has 0 saturated heterocycles. The summed E-state index contributed by atoms with van der Waals surface area (Å²) in [6.07, 6.45) is 1.90. The van der Waals surface area contributed by atoms with Crippen LogP contribution in [0.3, 0.4) is 0 Å². The Balaban J connectivity index is 2.65. The number of aromatic nitrogens is 1. The van der Waals surface area contributed by atoms with Crippen LogP contribution in [0.4, 0.5) is 0 Å². The van der Waals surface area contributed by atoms with Crippen molar-refractivity contribution in [3.8, 4) is 11.3 Å². The van der Waals surface area contributed by atoms with Crippen LogP contribution in [-0.2, 0) is 0 Å². The van der Waals surface area contributed by atoms with Crippen molar-refractivity contribution in [3.05, 3.63) is 51.7 Å². The zero-order valence-corrected chi connectivity index (χ0v) is 10.6. The molecular formula is C14H15NS. The second-order valence-corrected chi connectivity index (χ2v) is 4.66. The summed E-state index contributed by atoms with van der Waals surface area (Å²) in [6, 6.07) is 8.33. The summed E-state index contributed by atoms with van der Waals surface area (Å²) >= 11 is 5.18. The smallest absolute Gasteiger partial charge is 0.0470 e. The molecule has 0 radical (unpaired) electrons. The summed E-state index contributed by atoms with van der Waals surface area (Å²) in [5.41, 5.74) is 6.24. The van der Waals surface area contributed by atoms with Gasteiger partial charge in [-0.2, -0.15) is 0 Å². The van der Waals surface area contributed by atoms with E-state index in [-0.39, 0.29) is 0 Å². The SMILES string of the molecule is Cc1cc(C)c(-c2cc(=S)cc[nH]2)cc1C. The number of benzene rings is 1. The quantitative estimate of drug-likeness (QED) is 0.719. The Bertz CT molecular complexity index is 582. The summed E-state index contributed by atoms with van der Waals surface area (Å²) in [5, 5.41) is 0. The first-order valence-corrected chi connectivity index (χ1v) is 5.76. The minimum absolute atomic E-state index is 0.867. The fourth-order valence-corrected chi connectivity index (χ4v) is 2.04. The standard InChI is InChI=1S/C14H15NS/c1-9-6-11(3)13(7-10(9)2)14-8-12(16)4-5-15-14/h4-8H,1-3H3,(H,15,16). The maximum absolute atomic E-state index is 5.18. The van der Waals surface area contributed by atoms with Gasteiger partial charge in [-0.3, -0.25) is 0 Å². The van der Waals surface area contributed by atoms with Crippen molar-refractivity contribution in [2.45, 2.75) is 20.8 Å². The van der Waals surface area contributed by atoms with E-state index in [0.717, 1.165) is 10.2 Å². The molecule has 82 valence electrons. The van der Waals surface area contributed by atoms with Gasteiger partial charge in [0.05, 0.1) is 0 Å². The summed E-state index contributed by atoms with van der Waals surface area (Å²) < 4.78 is 0.867. The van der Waals surface area contributed by atoms with Gasteiger partial charge in [-0.25, -0.2) is 0 Å². The number of nitrogens with one attached hydrogen (secondary N) is 1. The van der Waals surface area contributed by atoms with E-state index in [9.17, 15) is 0 Å². The molecule has 1 nitrogen and oxygen atoms in total. The van der Waals surface area contributed by atoms with E-state index in [2.05, 4.69) is 37.9 Å². The van der Waals surface area contributed by atoms with E-state index >= 15 is 0 Å². The van der Waals surface area contributed by atoms with Gasteiger partial charge in [0.1, 0.15) is 0 Å². The molecule has 0 aliphatic rings. The third kappa shape index (κ3) is 2.07. The minimum atomic E-state index is 0.867. The van der Waals surface area contributed by atoms with Crippen LogP contribution in [0.25, 0.3) is 11.3 Å². The largest absolute Gasteiger partial charge is 0.361 e. The van der Waals surface area contributed by atoms with E-state index in [1.165, 1.54) is 22.3 Å². The molecular weight excluding hydrogens is 214 g/mol. The van der Waals surface area contributed by atoms with Crippen molar-refractivity contribution < 1.29 is 0 Å². The highest BCUT2D eigenvalue weighted by Crippen LogP contribution is 2.24. The molecule has 2 rings (SSSR count). The number of rotatable bonds is 1. The molecule has 0 amide bonds. The number of aromatic amines is 1. The van der Waals surface area contributed by atoms with E-state index in [0.29, 0.717) is 0 Å². The molecule has 1 N–H and O–H groups in total. The molecule has 0 fully saturated rings. The third-order valence-electron chi connectivity index (χ3n) is 2.90. The van der Waals surface area contributed by atoms with Gasteiger partial charge < -0.3 is 4.98 Å². The van der Waals surface area contributed by atoms with E-state index in [1.54, 1.807) is 0 Å². The normalized spacial score (nSPS) is 10.4. The van der Waals surface area contributed by atoms with Crippen molar-refractivity contribution in [1.82, 2.24) is 4.98 Å². The van der Waals surface area contributed by atoms with Crippen LogP contribution in [0.1, 0.15) is 16.7 Å². The Kier molecular flexibility index (Phi) is 2.92. The first kappa shape index (κ1) is 11.1. The molecule has 0 atom stereocenters. The van der Waals surface area contributed by atoms with Crippen LogP contribution >= 0.6 is 12.2 Å². The minimum Gasteiger partial charge on any atom is -0.361 e. The number of hydrogen-bond donors (Lipinski definition) is 1. The first-order chi connectivity index (χ1) is 7.58. The van der Waals surface area contributed by atoms with Crippen LogP contribution < -0.4 is 0 Å². The summed E-state index contributed by atoms with van der Waals surface area (Å²) in [7, 11) is 0. The first-order valence-electron chi connectivity index (χ1n) is 5.35. The molecule has 0 spiro atoms. The molecule has 2 aromatic rings. The van der Waals surface area contributed by atoms with Crippen LogP contribution in [-0.4, -0.2) is 4.98 Å². The lowest BCUT2D eigenvalue weighted by Crippen LogP contribution is -1.90. The fraction of sp³-hybridized carbons (Fsp3) is 0.214. The van der Waals surface area contributed by atoms with Crippen molar-refractivity contribution in [3.63, 3.8) is 0 Å². The number of hydrogen-bond acceptors (Lipinski definition) is 1. The molecule has 0 aliphatic carbocycles. The van der Waals surface area contributed by atoms with Crippen LogP contribution in [0, 0.1) is 25.3 Å². The average Bonchev–Trinajstić information content (AvgIpc) is 2.23. The van der Waals surface area contributed by atoms with Crippen molar-refractivity contribution in [2.75, 3.05) is 0 Å². The van der Waals surface area contributed by atoms with Gasteiger partial charge in [0, 0.05) is 22.0 Å². The molecule has 1 heterocycles. The highest BCUT2D eigenvalue weighted by atomic mass is 32.1. The number of aryl methyl sites for hydroxylation is 3. The summed E-state index contributed by atoms with van der Waals surface area (Å²) in [4.78, 5) is 3.25. The number of H-pyrrole nitrogens is 1. The molecule has 16 heavy (non-hydrogen) atoms.